The Bertz CT molecular complexity index is 250. The highest BCUT2D eigenvalue weighted by Crippen LogP contribution is 2.30. The van der Waals surface area contributed by atoms with Gasteiger partial charge in [-0.3, -0.25) is 4.18 Å². The fourth-order valence-electron chi connectivity index (χ4n) is 0.672. The predicted molar refractivity (Wildman–Crippen MR) is 44.9 cm³/mol. The molecule has 13 heavy (non-hydrogen) atoms. The van der Waals surface area contributed by atoms with Gasteiger partial charge in [0.1, 0.15) is 12.2 Å². The lowest BCUT2D eigenvalue weighted by Crippen LogP contribution is -2.09. The zero-order valence-electron chi connectivity index (χ0n) is 7.13. The Hall–Kier alpha value is 0.140. The maximum Gasteiger partial charge on any atom is 0.264 e. The number of hydrogen-bond acceptors (Lipinski definition) is 7. The van der Waals surface area contributed by atoms with Crippen LogP contribution >= 0.6 is 12.0 Å². The van der Waals surface area contributed by atoms with E-state index in [1.54, 1.807) is 6.26 Å². The predicted octanol–water partition coefficient (Wildman–Crippen LogP) is 0.261. The summed E-state index contributed by atoms with van der Waals surface area (Å²) >= 11 is 0.979. The van der Waals surface area contributed by atoms with Crippen LogP contribution < -0.4 is 0 Å². The van der Waals surface area contributed by atoms with Crippen LogP contribution in [0, 0.1) is 0 Å². The molecule has 78 valence electrons. The van der Waals surface area contributed by atoms with Crippen LogP contribution in [0.15, 0.2) is 0 Å². The van der Waals surface area contributed by atoms with E-state index in [9.17, 15) is 8.42 Å². The van der Waals surface area contributed by atoms with E-state index in [2.05, 4.69) is 18.4 Å². The van der Waals surface area contributed by atoms with Crippen LogP contribution in [0.3, 0.4) is 0 Å². The summed E-state index contributed by atoms with van der Waals surface area (Å²) in [5, 5.41) is 4.24. The van der Waals surface area contributed by atoms with Crippen molar-refractivity contribution in [1.82, 2.24) is 0 Å². The van der Waals surface area contributed by atoms with Gasteiger partial charge in [0.2, 0.25) is 0 Å². The Morgan fingerprint density at radius 2 is 2.08 bits per heavy atom. The second-order valence-electron chi connectivity index (χ2n) is 2.51. The molecule has 1 aliphatic carbocycles. The molecule has 1 fully saturated rings. The number of hydrogen-bond donors (Lipinski definition) is 0. The molecule has 2 atom stereocenters. The molecule has 0 heterocycles. The van der Waals surface area contributed by atoms with Crippen molar-refractivity contribution >= 4 is 22.2 Å². The van der Waals surface area contributed by atoms with E-state index >= 15 is 0 Å². The maximum atomic E-state index is 10.6. The Morgan fingerprint density at radius 1 is 1.38 bits per heavy atom. The zero-order chi connectivity index (χ0) is 9.90. The van der Waals surface area contributed by atoms with Crippen molar-refractivity contribution < 1.29 is 26.9 Å². The van der Waals surface area contributed by atoms with E-state index in [0.717, 1.165) is 18.3 Å². The lowest BCUT2D eigenvalue weighted by atomic mass is 10.8. The van der Waals surface area contributed by atoms with Gasteiger partial charge >= 0.3 is 0 Å². The summed E-state index contributed by atoms with van der Waals surface area (Å²) in [6.45, 7) is 0. The second-order valence-corrected chi connectivity index (χ2v) is 4.58. The molecule has 0 spiro atoms. The van der Waals surface area contributed by atoms with Gasteiger partial charge in [0.25, 0.3) is 10.1 Å². The largest absolute Gasteiger partial charge is 0.264 e. The van der Waals surface area contributed by atoms with Crippen LogP contribution in [-0.2, 0) is 28.6 Å². The second kappa shape index (κ2) is 4.58. The van der Waals surface area contributed by atoms with Gasteiger partial charge in [0, 0.05) is 24.7 Å². The summed E-state index contributed by atoms with van der Waals surface area (Å²) in [4.78, 5) is 4.62. The molecule has 0 unspecified atom stereocenters. The van der Waals surface area contributed by atoms with E-state index < -0.39 is 16.2 Å². The van der Waals surface area contributed by atoms with Crippen LogP contribution in [0.1, 0.15) is 6.42 Å². The molecule has 0 amide bonds. The lowest BCUT2D eigenvalue weighted by molar-refractivity contribution is -0.467. The van der Waals surface area contributed by atoms with E-state index in [1.807, 2.05) is 0 Å². The first-order valence-corrected chi connectivity index (χ1v) is 6.40. The van der Waals surface area contributed by atoms with Crippen molar-refractivity contribution in [2.75, 3.05) is 12.5 Å². The van der Waals surface area contributed by atoms with E-state index in [4.69, 9.17) is 0 Å². The minimum absolute atomic E-state index is 0.359. The highest BCUT2D eigenvalue weighted by molar-refractivity contribution is 7.93. The average molecular weight is 230 g/mol. The molecule has 0 aliphatic heterocycles. The van der Waals surface area contributed by atoms with Crippen molar-refractivity contribution in [3.05, 3.63) is 0 Å². The highest BCUT2D eigenvalue weighted by atomic mass is 32.2. The molecule has 1 saturated carbocycles. The molecule has 0 aromatic heterocycles. The quantitative estimate of drug-likeness (QED) is 0.213. The molecular formula is C5H10O6S2. The lowest BCUT2D eigenvalue weighted by Gasteiger charge is -1.99. The molecule has 1 rings (SSSR count). The van der Waals surface area contributed by atoms with Crippen molar-refractivity contribution in [3.63, 3.8) is 0 Å². The van der Waals surface area contributed by atoms with Crippen molar-refractivity contribution in [2.45, 2.75) is 18.6 Å². The van der Waals surface area contributed by atoms with Crippen molar-refractivity contribution in [3.8, 4) is 0 Å². The molecule has 6 nitrogen and oxygen atoms in total. The fourth-order valence-corrected chi connectivity index (χ4v) is 1.41. The van der Waals surface area contributed by atoms with Crippen LogP contribution in [0.4, 0.5) is 0 Å². The van der Waals surface area contributed by atoms with Gasteiger partial charge < -0.3 is 0 Å². The average Bonchev–Trinajstić information content (AvgIpc) is 2.65. The van der Waals surface area contributed by atoms with Gasteiger partial charge in [-0.25, -0.2) is 0 Å². The molecule has 0 N–H and O–H groups in total. The van der Waals surface area contributed by atoms with Gasteiger partial charge in [-0.15, -0.1) is 4.33 Å². The first-order valence-electron chi connectivity index (χ1n) is 3.44. The summed E-state index contributed by atoms with van der Waals surface area (Å²) in [6.07, 6.45) is 2.33. The SMILES string of the molecule is CSOOO[C@@H]1C[C@H]1OS(C)(=O)=O. The van der Waals surface area contributed by atoms with Crippen LogP contribution in [0.25, 0.3) is 0 Å². The maximum absolute atomic E-state index is 10.6. The summed E-state index contributed by atoms with van der Waals surface area (Å²) in [7, 11) is -3.41. The Morgan fingerprint density at radius 3 is 2.62 bits per heavy atom. The highest BCUT2D eigenvalue weighted by Gasteiger charge is 2.44. The van der Waals surface area contributed by atoms with Crippen molar-refractivity contribution in [1.29, 1.82) is 0 Å². The molecule has 0 saturated heterocycles. The van der Waals surface area contributed by atoms with Gasteiger partial charge in [-0.1, -0.05) is 5.04 Å². The third kappa shape index (κ3) is 4.79. The molecule has 0 aromatic rings. The Labute approximate surface area is 80.7 Å². The molecule has 0 aromatic carbocycles. The van der Waals surface area contributed by atoms with Crippen molar-refractivity contribution in [2.24, 2.45) is 0 Å². The first-order chi connectivity index (χ1) is 6.03. The van der Waals surface area contributed by atoms with Gasteiger partial charge in [0.15, 0.2) is 0 Å². The summed E-state index contributed by atoms with van der Waals surface area (Å²) in [6, 6.07) is 0. The van der Waals surface area contributed by atoms with E-state index in [1.165, 1.54) is 0 Å². The van der Waals surface area contributed by atoms with E-state index in [0.29, 0.717) is 6.42 Å². The minimum Gasteiger partial charge on any atom is -0.264 e. The number of rotatable bonds is 6. The molecule has 8 heteroatoms. The van der Waals surface area contributed by atoms with Crippen LogP contribution in [-0.4, -0.2) is 33.1 Å². The minimum atomic E-state index is -3.41. The smallest absolute Gasteiger partial charge is 0.264 e. The Kier molecular flexibility index (Phi) is 3.95. The van der Waals surface area contributed by atoms with Crippen LogP contribution in [0.2, 0.25) is 0 Å². The van der Waals surface area contributed by atoms with Gasteiger partial charge in [-0.2, -0.15) is 13.3 Å². The summed E-state index contributed by atoms with van der Waals surface area (Å²) < 4.78 is 30.2. The monoisotopic (exact) mass is 230 g/mol. The molecule has 0 bridgehead atoms. The molecule has 1 aliphatic rings. The summed E-state index contributed by atoms with van der Waals surface area (Å²) in [5.41, 5.74) is 0. The topological polar surface area (TPSA) is 71.1 Å². The van der Waals surface area contributed by atoms with Gasteiger partial charge in [0.05, 0.1) is 6.26 Å². The third-order valence-corrected chi connectivity index (χ3v) is 2.02. The zero-order valence-corrected chi connectivity index (χ0v) is 8.76. The van der Waals surface area contributed by atoms with E-state index in [-0.39, 0.29) is 6.10 Å². The van der Waals surface area contributed by atoms with Gasteiger partial charge in [-0.05, 0) is 0 Å². The first kappa shape index (κ1) is 11.2. The standard InChI is InChI=1S/C5H10O6S2/c1-12-11-10-8-4-3-5(4)9-13(2,6)7/h4-5H,3H2,1-2H3/t4-,5-/m1/s1. The third-order valence-electron chi connectivity index (χ3n) is 1.23. The van der Waals surface area contributed by atoms with Crippen LogP contribution in [0.5, 0.6) is 0 Å². The molecule has 0 radical (unpaired) electrons. The fraction of sp³-hybridized carbons (Fsp3) is 1.00. The summed E-state index contributed by atoms with van der Waals surface area (Å²) in [5.74, 6) is 0. The Balaban J connectivity index is 2.09. The molecular weight excluding hydrogens is 220 g/mol. The normalized spacial score (nSPS) is 27.5.